The number of hydrogen-bond donors (Lipinski definition) is 0. The lowest BCUT2D eigenvalue weighted by molar-refractivity contribution is 0.0997. The van der Waals surface area contributed by atoms with Gasteiger partial charge in [-0.2, -0.15) is 4.99 Å². The summed E-state index contributed by atoms with van der Waals surface area (Å²) >= 11 is 1.40. The second-order valence-electron chi connectivity index (χ2n) is 7.14. The molecule has 0 saturated carbocycles. The van der Waals surface area contributed by atoms with Crippen LogP contribution in [-0.2, 0) is 16.4 Å². The quantitative estimate of drug-likeness (QED) is 0.595. The molecule has 29 heavy (non-hydrogen) atoms. The molecule has 0 N–H and O–H groups in total. The lowest BCUT2D eigenvalue weighted by Gasteiger charge is -2.08. The van der Waals surface area contributed by atoms with Crippen LogP contribution < -0.4 is 4.80 Å². The molecule has 5 nitrogen and oxygen atoms in total. The molecule has 0 aliphatic carbocycles. The molecule has 0 aliphatic rings. The van der Waals surface area contributed by atoms with Gasteiger partial charge in [0.15, 0.2) is 14.6 Å². The third kappa shape index (κ3) is 4.04. The SMILES string of the molecule is C#CCn1c(=NC(=O)c2cccc(S(=O)(=O)C(C)C)c2)sc2c(C)cc(C)cc21. The largest absolute Gasteiger partial charge is 0.305 e. The highest BCUT2D eigenvalue weighted by Crippen LogP contribution is 2.23. The Morgan fingerprint density at radius 3 is 2.62 bits per heavy atom. The minimum atomic E-state index is -3.48. The summed E-state index contributed by atoms with van der Waals surface area (Å²) in [6, 6.07) is 10.1. The molecule has 0 unspecified atom stereocenters. The van der Waals surface area contributed by atoms with Gasteiger partial charge in [0.25, 0.3) is 5.91 Å². The van der Waals surface area contributed by atoms with Crippen molar-refractivity contribution in [2.45, 2.75) is 44.4 Å². The number of aryl methyl sites for hydroxylation is 2. The highest BCUT2D eigenvalue weighted by atomic mass is 32.2. The summed E-state index contributed by atoms with van der Waals surface area (Å²) in [7, 11) is -3.48. The number of carbonyl (C=O) groups is 1. The van der Waals surface area contributed by atoms with E-state index in [-0.39, 0.29) is 17.0 Å². The van der Waals surface area contributed by atoms with Gasteiger partial charge in [0.1, 0.15) is 0 Å². The first-order valence-electron chi connectivity index (χ1n) is 9.12. The minimum Gasteiger partial charge on any atom is -0.305 e. The Balaban J connectivity index is 2.15. The molecule has 2 aromatic carbocycles. The Morgan fingerprint density at radius 2 is 1.97 bits per heavy atom. The van der Waals surface area contributed by atoms with Crippen LogP contribution in [0.25, 0.3) is 10.2 Å². The van der Waals surface area contributed by atoms with Gasteiger partial charge in [0.05, 0.1) is 26.9 Å². The molecule has 0 fully saturated rings. The van der Waals surface area contributed by atoms with Crippen LogP contribution in [0.5, 0.6) is 0 Å². The highest BCUT2D eigenvalue weighted by molar-refractivity contribution is 7.92. The van der Waals surface area contributed by atoms with Crippen molar-refractivity contribution in [3.8, 4) is 12.3 Å². The fraction of sp³-hybridized carbons (Fsp3) is 0.273. The number of carbonyl (C=O) groups excluding carboxylic acids is 1. The van der Waals surface area contributed by atoms with Gasteiger partial charge >= 0.3 is 0 Å². The standard InChI is InChI=1S/C22H22N2O3S2/c1-6-10-24-19-12-15(4)11-16(5)20(19)28-22(24)23-21(25)17-8-7-9-18(13-17)29(26,27)14(2)3/h1,7-9,11-14H,10H2,2-5H3. The maximum Gasteiger partial charge on any atom is 0.279 e. The number of fused-ring (bicyclic) bond motifs is 1. The summed E-state index contributed by atoms with van der Waals surface area (Å²) in [4.78, 5) is 17.7. The third-order valence-electron chi connectivity index (χ3n) is 4.59. The summed E-state index contributed by atoms with van der Waals surface area (Å²) in [6.07, 6.45) is 5.53. The van der Waals surface area contributed by atoms with Crippen LogP contribution in [0.3, 0.4) is 0 Å². The summed E-state index contributed by atoms with van der Waals surface area (Å²) < 4.78 is 27.7. The Labute approximate surface area is 174 Å². The van der Waals surface area contributed by atoms with Crippen LogP contribution in [0.4, 0.5) is 0 Å². The van der Waals surface area contributed by atoms with E-state index >= 15 is 0 Å². The first-order valence-corrected chi connectivity index (χ1v) is 11.5. The Kier molecular flexibility index (Phi) is 5.78. The molecule has 0 bridgehead atoms. The first-order chi connectivity index (χ1) is 13.6. The number of nitrogens with zero attached hydrogens (tertiary/aromatic N) is 2. The van der Waals surface area contributed by atoms with Crippen LogP contribution in [0.15, 0.2) is 46.3 Å². The molecule has 0 saturated heterocycles. The van der Waals surface area contributed by atoms with Crippen molar-refractivity contribution in [3.63, 3.8) is 0 Å². The summed E-state index contributed by atoms with van der Waals surface area (Å²) in [5.41, 5.74) is 3.36. The molecular formula is C22H22N2O3S2. The third-order valence-corrected chi connectivity index (χ3v) is 7.97. The number of terminal acetylenes is 1. The molecule has 0 atom stereocenters. The topological polar surface area (TPSA) is 68.5 Å². The average Bonchev–Trinajstić information content (AvgIpc) is 3.00. The Hall–Kier alpha value is -2.69. The molecule has 7 heteroatoms. The maximum absolute atomic E-state index is 12.8. The molecule has 1 amide bonds. The second-order valence-corrected chi connectivity index (χ2v) is 10.6. The minimum absolute atomic E-state index is 0.118. The summed E-state index contributed by atoms with van der Waals surface area (Å²) in [5.74, 6) is 2.11. The van der Waals surface area contributed by atoms with Crippen LogP contribution in [-0.4, -0.2) is 24.1 Å². The number of sulfone groups is 1. The van der Waals surface area contributed by atoms with E-state index in [1.54, 1.807) is 26.0 Å². The van der Waals surface area contributed by atoms with E-state index < -0.39 is 21.0 Å². The van der Waals surface area contributed by atoms with E-state index in [4.69, 9.17) is 6.42 Å². The predicted molar refractivity (Wildman–Crippen MR) is 117 cm³/mol. The van der Waals surface area contributed by atoms with Gasteiger partial charge in [-0.3, -0.25) is 4.79 Å². The monoisotopic (exact) mass is 426 g/mol. The van der Waals surface area contributed by atoms with Crippen molar-refractivity contribution < 1.29 is 13.2 Å². The van der Waals surface area contributed by atoms with E-state index in [1.807, 2.05) is 24.5 Å². The zero-order valence-corrected chi connectivity index (χ0v) is 18.4. The zero-order chi connectivity index (χ0) is 21.3. The van der Waals surface area contributed by atoms with Crippen molar-refractivity contribution in [1.29, 1.82) is 0 Å². The number of amides is 1. The predicted octanol–water partition coefficient (Wildman–Crippen LogP) is 3.88. The van der Waals surface area contributed by atoms with Crippen molar-refractivity contribution >= 4 is 37.3 Å². The van der Waals surface area contributed by atoms with E-state index in [9.17, 15) is 13.2 Å². The van der Waals surface area contributed by atoms with Crippen molar-refractivity contribution in [3.05, 3.63) is 57.9 Å². The van der Waals surface area contributed by atoms with E-state index in [1.165, 1.54) is 23.5 Å². The molecule has 0 spiro atoms. The first kappa shape index (κ1) is 21.0. The zero-order valence-electron chi connectivity index (χ0n) is 16.8. The molecule has 0 radical (unpaired) electrons. The lowest BCUT2D eigenvalue weighted by atomic mass is 10.1. The van der Waals surface area contributed by atoms with E-state index in [2.05, 4.69) is 17.0 Å². The fourth-order valence-electron chi connectivity index (χ4n) is 3.07. The van der Waals surface area contributed by atoms with Gasteiger partial charge in [-0.25, -0.2) is 8.42 Å². The molecule has 3 aromatic rings. The van der Waals surface area contributed by atoms with Crippen LogP contribution in [0.2, 0.25) is 0 Å². The molecular weight excluding hydrogens is 404 g/mol. The van der Waals surface area contributed by atoms with Crippen molar-refractivity contribution in [1.82, 2.24) is 4.57 Å². The van der Waals surface area contributed by atoms with Crippen LogP contribution >= 0.6 is 11.3 Å². The molecule has 150 valence electrons. The van der Waals surface area contributed by atoms with Gasteiger partial charge < -0.3 is 4.57 Å². The number of benzene rings is 2. The summed E-state index contributed by atoms with van der Waals surface area (Å²) in [5, 5.41) is -0.573. The molecule has 0 aliphatic heterocycles. The Morgan fingerprint density at radius 1 is 1.24 bits per heavy atom. The van der Waals surface area contributed by atoms with E-state index in [0.717, 1.165) is 21.3 Å². The number of rotatable bonds is 4. The average molecular weight is 427 g/mol. The number of thiazole rings is 1. The number of hydrogen-bond acceptors (Lipinski definition) is 4. The fourth-order valence-corrected chi connectivity index (χ4v) is 5.25. The Bertz CT molecular complexity index is 1320. The van der Waals surface area contributed by atoms with Gasteiger partial charge in [0.2, 0.25) is 0 Å². The number of aromatic nitrogens is 1. The van der Waals surface area contributed by atoms with Gasteiger partial charge in [-0.1, -0.05) is 29.4 Å². The molecule has 3 rings (SSSR count). The smallest absolute Gasteiger partial charge is 0.279 e. The highest BCUT2D eigenvalue weighted by Gasteiger charge is 2.20. The summed E-state index contributed by atoms with van der Waals surface area (Å²) in [6.45, 7) is 7.53. The lowest BCUT2D eigenvalue weighted by Crippen LogP contribution is -2.17. The maximum atomic E-state index is 12.8. The normalized spacial score (nSPS) is 12.5. The van der Waals surface area contributed by atoms with Crippen LogP contribution in [0.1, 0.15) is 35.3 Å². The second kappa shape index (κ2) is 7.97. The van der Waals surface area contributed by atoms with Crippen molar-refractivity contribution in [2.24, 2.45) is 4.99 Å². The molecule has 1 aromatic heterocycles. The molecule has 1 heterocycles. The van der Waals surface area contributed by atoms with Gasteiger partial charge in [-0.05, 0) is 63.1 Å². The van der Waals surface area contributed by atoms with E-state index in [0.29, 0.717) is 4.80 Å². The van der Waals surface area contributed by atoms with Crippen LogP contribution in [0, 0.1) is 26.2 Å². The van der Waals surface area contributed by atoms with Gasteiger partial charge in [-0.15, -0.1) is 6.42 Å². The van der Waals surface area contributed by atoms with Gasteiger partial charge in [0, 0.05) is 5.56 Å². The van der Waals surface area contributed by atoms with Crippen molar-refractivity contribution in [2.75, 3.05) is 0 Å².